The van der Waals surface area contributed by atoms with Crippen LogP contribution in [0.4, 0.5) is 0 Å². The summed E-state index contributed by atoms with van der Waals surface area (Å²) in [5.74, 6) is -1.16. The van der Waals surface area contributed by atoms with E-state index in [0.29, 0.717) is 4.31 Å². The molecule has 1 heterocycles. The maximum absolute atomic E-state index is 12.6. The Bertz CT molecular complexity index is 1060. The molecule has 0 fully saturated rings. The minimum atomic E-state index is -3.98. The monoisotopic (exact) mass is 398 g/mol. The zero-order chi connectivity index (χ0) is 19.9. The number of carbonyl (C=O) groups is 2. The number of rotatable bonds is 4. The van der Waals surface area contributed by atoms with Crippen molar-refractivity contribution in [2.45, 2.75) is 43.5 Å². The van der Waals surface area contributed by atoms with Gasteiger partial charge in [-0.2, -0.15) is 0 Å². The highest BCUT2D eigenvalue weighted by atomic mass is 32.2. The molecule has 0 spiro atoms. The van der Waals surface area contributed by atoms with Crippen molar-refractivity contribution in [3.8, 4) is 0 Å². The van der Waals surface area contributed by atoms with Crippen molar-refractivity contribution in [2.24, 2.45) is 0 Å². The number of hydrogen-bond donors (Lipinski definition) is 1. The highest BCUT2D eigenvalue weighted by Gasteiger charge is 2.41. The summed E-state index contributed by atoms with van der Waals surface area (Å²) in [6.07, 6.45) is 4.51. The summed E-state index contributed by atoms with van der Waals surface area (Å²) in [5, 5.41) is 2.82. The van der Waals surface area contributed by atoms with Crippen LogP contribution in [0.5, 0.6) is 0 Å². The van der Waals surface area contributed by atoms with Gasteiger partial charge in [-0.25, -0.2) is 12.7 Å². The molecule has 1 aliphatic heterocycles. The third-order valence-electron chi connectivity index (χ3n) is 5.45. The number of fused-ring (bicyclic) bond motifs is 2. The first-order valence-corrected chi connectivity index (χ1v) is 10.9. The zero-order valence-corrected chi connectivity index (χ0v) is 16.5. The summed E-state index contributed by atoms with van der Waals surface area (Å²) in [6, 6.07) is 12.0. The van der Waals surface area contributed by atoms with Gasteiger partial charge in [0.1, 0.15) is 11.4 Å². The average molecular weight is 398 g/mol. The Morgan fingerprint density at radius 3 is 2.57 bits per heavy atom. The molecule has 2 amide bonds. The van der Waals surface area contributed by atoms with Gasteiger partial charge in [-0.3, -0.25) is 9.59 Å². The summed E-state index contributed by atoms with van der Waals surface area (Å²) in [4.78, 5) is 24.9. The molecule has 0 saturated heterocycles. The van der Waals surface area contributed by atoms with E-state index in [1.165, 1.54) is 36.1 Å². The number of nitrogens with zero attached hydrogens (tertiary/aromatic N) is 1. The van der Waals surface area contributed by atoms with Crippen LogP contribution in [0.15, 0.2) is 47.4 Å². The maximum Gasteiger partial charge on any atom is 0.269 e. The average Bonchev–Trinajstić information content (AvgIpc) is 2.88. The Kier molecular flexibility index (Phi) is 4.71. The predicted molar refractivity (Wildman–Crippen MR) is 104 cm³/mol. The molecule has 7 heteroatoms. The first-order chi connectivity index (χ1) is 13.4. The fraction of sp³-hybridized carbons (Fsp3) is 0.333. The molecule has 2 aromatic rings. The van der Waals surface area contributed by atoms with E-state index in [9.17, 15) is 18.0 Å². The van der Waals surface area contributed by atoms with Crippen LogP contribution in [0.3, 0.4) is 0 Å². The molecule has 28 heavy (non-hydrogen) atoms. The van der Waals surface area contributed by atoms with Gasteiger partial charge in [0, 0.05) is 0 Å². The number of aryl methyl sites for hydroxylation is 2. The van der Waals surface area contributed by atoms with E-state index in [2.05, 4.69) is 17.4 Å². The van der Waals surface area contributed by atoms with E-state index in [1.807, 2.05) is 13.0 Å². The van der Waals surface area contributed by atoms with E-state index >= 15 is 0 Å². The van der Waals surface area contributed by atoms with E-state index in [-0.39, 0.29) is 16.5 Å². The first kappa shape index (κ1) is 18.7. The quantitative estimate of drug-likeness (QED) is 0.858. The highest BCUT2D eigenvalue weighted by Crippen LogP contribution is 2.30. The van der Waals surface area contributed by atoms with Crippen LogP contribution >= 0.6 is 0 Å². The summed E-state index contributed by atoms with van der Waals surface area (Å²) in [5.41, 5.74) is 3.77. The van der Waals surface area contributed by atoms with Gasteiger partial charge in [-0.15, -0.1) is 0 Å². The van der Waals surface area contributed by atoms with Crippen LogP contribution in [0.2, 0.25) is 0 Å². The van der Waals surface area contributed by atoms with Crippen LogP contribution in [-0.2, 0) is 27.7 Å². The molecular formula is C21H22N2O4S. The van der Waals surface area contributed by atoms with Gasteiger partial charge in [0.25, 0.3) is 15.9 Å². The fourth-order valence-corrected chi connectivity index (χ4v) is 5.44. The smallest absolute Gasteiger partial charge is 0.269 e. The molecule has 0 radical (unpaired) electrons. The molecule has 146 valence electrons. The Labute approximate surface area is 164 Å². The van der Waals surface area contributed by atoms with Crippen molar-refractivity contribution in [1.29, 1.82) is 0 Å². The van der Waals surface area contributed by atoms with Crippen molar-refractivity contribution in [3.63, 3.8) is 0 Å². The summed E-state index contributed by atoms with van der Waals surface area (Å²) < 4.78 is 25.8. The molecule has 0 unspecified atom stereocenters. The van der Waals surface area contributed by atoms with Crippen LogP contribution in [0.1, 0.15) is 52.9 Å². The number of hydrogen-bond acceptors (Lipinski definition) is 4. The molecular weight excluding hydrogens is 376 g/mol. The number of benzene rings is 2. The van der Waals surface area contributed by atoms with E-state index in [0.717, 1.165) is 18.4 Å². The number of nitrogens with one attached hydrogen (secondary N) is 1. The Morgan fingerprint density at radius 2 is 1.82 bits per heavy atom. The molecule has 1 atom stereocenters. The van der Waals surface area contributed by atoms with Gasteiger partial charge in [0.15, 0.2) is 0 Å². The van der Waals surface area contributed by atoms with Crippen molar-refractivity contribution in [2.75, 3.05) is 6.54 Å². The van der Waals surface area contributed by atoms with Crippen LogP contribution in [-0.4, -0.2) is 31.1 Å². The van der Waals surface area contributed by atoms with Crippen molar-refractivity contribution in [3.05, 3.63) is 64.7 Å². The molecule has 0 aromatic heterocycles. The minimum Gasteiger partial charge on any atom is -0.348 e. The molecule has 4 rings (SSSR count). The Hall–Kier alpha value is -2.67. The van der Waals surface area contributed by atoms with Crippen LogP contribution in [0, 0.1) is 0 Å². The standard InChI is InChI=1S/C21H22N2O4S/c1-14(16-11-10-15-6-2-3-7-17(15)12-16)22-20(24)13-23-21(25)18-8-4-5-9-19(18)28(23,26)27/h4-5,8-12,14H,2-3,6-7,13H2,1H3,(H,22,24)/t14-/m1/s1. The Balaban J connectivity index is 1.47. The summed E-state index contributed by atoms with van der Waals surface area (Å²) >= 11 is 0. The van der Waals surface area contributed by atoms with Gasteiger partial charge >= 0.3 is 0 Å². The zero-order valence-electron chi connectivity index (χ0n) is 15.6. The molecule has 2 aliphatic rings. The lowest BCUT2D eigenvalue weighted by Crippen LogP contribution is -2.41. The normalized spacial score (nSPS) is 18.3. The van der Waals surface area contributed by atoms with Gasteiger partial charge < -0.3 is 5.32 Å². The van der Waals surface area contributed by atoms with Gasteiger partial charge in [-0.1, -0.05) is 30.3 Å². The minimum absolute atomic E-state index is 0.0458. The largest absolute Gasteiger partial charge is 0.348 e. The van der Waals surface area contributed by atoms with Crippen LogP contribution < -0.4 is 5.32 Å². The summed E-state index contributed by atoms with van der Waals surface area (Å²) in [7, 11) is -3.98. The second-order valence-corrected chi connectivity index (χ2v) is 9.17. The van der Waals surface area contributed by atoms with Crippen LogP contribution in [0.25, 0.3) is 0 Å². The third-order valence-corrected chi connectivity index (χ3v) is 7.24. The molecule has 0 saturated carbocycles. The number of sulfonamides is 1. The maximum atomic E-state index is 12.6. The van der Waals surface area contributed by atoms with E-state index in [1.54, 1.807) is 12.1 Å². The second-order valence-electron chi connectivity index (χ2n) is 7.34. The molecule has 6 nitrogen and oxygen atoms in total. The molecule has 2 aromatic carbocycles. The van der Waals surface area contributed by atoms with E-state index < -0.39 is 28.4 Å². The van der Waals surface area contributed by atoms with Gasteiger partial charge in [0.2, 0.25) is 5.91 Å². The lowest BCUT2D eigenvalue weighted by atomic mass is 9.89. The molecule has 1 N–H and O–H groups in total. The van der Waals surface area contributed by atoms with Gasteiger partial charge in [-0.05, 0) is 61.4 Å². The van der Waals surface area contributed by atoms with E-state index in [4.69, 9.17) is 0 Å². The highest BCUT2D eigenvalue weighted by molar-refractivity contribution is 7.90. The predicted octanol–water partition coefficient (Wildman–Crippen LogP) is 2.59. The number of carbonyl (C=O) groups excluding carboxylic acids is 2. The molecule has 1 aliphatic carbocycles. The lowest BCUT2D eigenvalue weighted by Gasteiger charge is -2.21. The first-order valence-electron chi connectivity index (χ1n) is 9.45. The van der Waals surface area contributed by atoms with Crippen molar-refractivity contribution < 1.29 is 18.0 Å². The van der Waals surface area contributed by atoms with Crippen molar-refractivity contribution >= 4 is 21.8 Å². The topological polar surface area (TPSA) is 83.6 Å². The third kappa shape index (κ3) is 3.20. The lowest BCUT2D eigenvalue weighted by molar-refractivity contribution is -0.121. The SMILES string of the molecule is C[C@@H](NC(=O)CN1C(=O)c2ccccc2S1(=O)=O)c1ccc2c(c1)CCCC2. The Morgan fingerprint density at radius 1 is 1.11 bits per heavy atom. The summed E-state index contributed by atoms with van der Waals surface area (Å²) in [6.45, 7) is 1.34. The fourth-order valence-electron chi connectivity index (χ4n) is 3.91. The molecule has 0 bridgehead atoms. The van der Waals surface area contributed by atoms with Gasteiger partial charge in [0.05, 0.1) is 11.6 Å². The van der Waals surface area contributed by atoms with Crippen molar-refractivity contribution in [1.82, 2.24) is 9.62 Å². The number of amides is 2. The second kappa shape index (κ2) is 7.05.